The number of aliphatic hydroxyl groups is 3. The molecule has 4 rings (SSSR count). The molecule has 0 spiro atoms. The monoisotopic (exact) mass is 526 g/mol. The van der Waals surface area contributed by atoms with Gasteiger partial charge in [-0.3, -0.25) is 4.79 Å². The first kappa shape index (κ1) is 22.1. The van der Waals surface area contributed by atoms with Crippen molar-refractivity contribution in [3.8, 4) is 17.5 Å². The zero-order valence-corrected chi connectivity index (χ0v) is 18.7. The Bertz CT molecular complexity index is 1180. The van der Waals surface area contributed by atoms with Gasteiger partial charge in [0.05, 0.1) is 18.5 Å². The number of pyridine rings is 1. The minimum atomic E-state index is -1.29. The van der Waals surface area contributed by atoms with Gasteiger partial charge in [0.15, 0.2) is 5.69 Å². The van der Waals surface area contributed by atoms with E-state index in [1.807, 2.05) is 6.07 Å². The summed E-state index contributed by atoms with van der Waals surface area (Å²) in [7, 11) is 0. The summed E-state index contributed by atoms with van der Waals surface area (Å²) in [6.07, 6.45) is -0.605. The van der Waals surface area contributed by atoms with Crippen LogP contribution in [0.3, 0.4) is 0 Å². The van der Waals surface area contributed by atoms with E-state index in [4.69, 9.17) is 4.74 Å². The summed E-state index contributed by atoms with van der Waals surface area (Å²) in [5, 5.41) is 50.3. The van der Waals surface area contributed by atoms with Gasteiger partial charge in [-0.2, -0.15) is 5.26 Å². The van der Waals surface area contributed by atoms with Gasteiger partial charge in [0.25, 0.3) is 0 Å². The van der Waals surface area contributed by atoms with Gasteiger partial charge in [0.1, 0.15) is 41.6 Å². The van der Waals surface area contributed by atoms with Crippen LogP contribution in [0.2, 0.25) is 0 Å². The Hall–Kier alpha value is -2.12. The maximum Gasteiger partial charge on any atom is 0.304 e. The van der Waals surface area contributed by atoms with Crippen molar-refractivity contribution in [3.63, 3.8) is 0 Å². The molecular formula is C17H15BrN6O5S2. The highest BCUT2D eigenvalue weighted by atomic mass is 79.9. The number of nitrogens with one attached hydrogen (secondary N) is 1. The van der Waals surface area contributed by atoms with E-state index >= 15 is 0 Å². The maximum absolute atomic E-state index is 11.4. The third-order valence-electron chi connectivity index (χ3n) is 4.63. The van der Waals surface area contributed by atoms with E-state index in [0.29, 0.717) is 20.8 Å². The quantitative estimate of drug-likeness (QED) is 0.366. The van der Waals surface area contributed by atoms with Crippen LogP contribution in [0.5, 0.6) is 0 Å². The molecule has 0 bridgehead atoms. The lowest BCUT2D eigenvalue weighted by molar-refractivity contribution is -0.178. The highest BCUT2D eigenvalue weighted by Crippen LogP contribution is 2.39. The highest BCUT2D eigenvalue weighted by molar-refractivity contribution is 9.10. The van der Waals surface area contributed by atoms with Gasteiger partial charge in [-0.1, -0.05) is 28.3 Å². The van der Waals surface area contributed by atoms with Gasteiger partial charge in [0.2, 0.25) is 0 Å². The fourth-order valence-electron chi connectivity index (χ4n) is 3.15. The summed E-state index contributed by atoms with van der Waals surface area (Å²) in [5.41, 5.74) is 0.0248. The van der Waals surface area contributed by atoms with Crippen LogP contribution in [-0.2, 0) is 4.74 Å². The predicted molar refractivity (Wildman–Crippen MR) is 113 cm³/mol. The van der Waals surface area contributed by atoms with Crippen LogP contribution in [0.4, 0.5) is 0 Å². The van der Waals surface area contributed by atoms with Gasteiger partial charge in [-0.15, -0.1) is 5.10 Å². The van der Waals surface area contributed by atoms with Gasteiger partial charge in [-0.25, -0.2) is 9.67 Å². The molecule has 11 nitrogen and oxygen atoms in total. The molecule has 0 amide bonds. The van der Waals surface area contributed by atoms with Crippen molar-refractivity contribution >= 4 is 39.0 Å². The molecule has 4 heterocycles. The molecule has 1 fully saturated rings. The molecular weight excluding hydrogens is 512 g/mol. The molecule has 0 aromatic carbocycles. The van der Waals surface area contributed by atoms with E-state index in [9.17, 15) is 25.4 Å². The molecule has 4 N–H and O–H groups in total. The lowest BCUT2D eigenvalue weighted by Crippen LogP contribution is -2.55. The molecule has 0 saturated carbocycles. The summed E-state index contributed by atoms with van der Waals surface area (Å²) >= 11 is 5.32. The van der Waals surface area contributed by atoms with Crippen LogP contribution in [0.25, 0.3) is 11.4 Å². The van der Waals surface area contributed by atoms with E-state index < -0.39 is 36.4 Å². The summed E-state index contributed by atoms with van der Waals surface area (Å²) < 4.78 is 7.62. The van der Waals surface area contributed by atoms with Gasteiger partial charge >= 0.3 is 4.87 Å². The second-order valence-electron chi connectivity index (χ2n) is 6.57. The average Bonchev–Trinajstić information content (AvgIpc) is 3.39. The Morgan fingerprint density at radius 1 is 1.42 bits per heavy atom. The van der Waals surface area contributed by atoms with Crippen molar-refractivity contribution in [1.82, 2.24) is 25.0 Å². The minimum absolute atomic E-state index is 0.150. The molecule has 5 atom stereocenters. The summed E-state index contributed by atoms with van der Waals surface area (Å²) in [6.45, 7) is -0.497. The van der Waals surface area contributed by atoms with Crippen molar-refractivity contribution in [1.29, 1.82) is 5.26 Å². The molecule has 162 valence electrons. The Balaban J connectivity index is 1.65. The third kappa shape index (κ3) is 4.44. The largest absolute Gasteiger partial charge is 0.394 e. The zero-order valence-electron chi connectivity index (χ0n) is 15.5. The number of thioether (sulfide) groups is 1. The maximum atomic E-state index is 11.4. The van der Waals surface area contributed by atoms with Crippen molar-refractivity contribution in [2.45, 2.75) is 34.7 Å². The molecule has 0 radical (unpaired) electrons. The molecule has 3 aromatic rings. The second-order valence-corrected chi connectivity index (χ2v) is 9.47. The van der Waals surface area contributed by atoms with Crippen LogP contribution in [0, 0.1) is 11.3 Å². The summed E-state index contributed by atoms with van der Waals surface area (Å²) in [6, 6.07) is 2.65. The third-order valence-corrected chi connectivity index (χ3v) is 6.92. The fraction of sp³-hybridized carbons (Fsp3) is 0.353. The SMILES string of the molecule is N#Cc1ncc(Br)cc1SC1OC(CO)C(O)C(n2cc(-c3csc(=O)[nH]3)nn2)C1O. The molecule has 5 unspecified atom stereocenters. The number of aromatic nitrogens is 5. The van der Waals surface area contributed by atoms with Gasteiger partial charge < -0.3 is 25.0 Å². The number of halogens is 1. The number of nitrogens with zero attached hydrogens (tertiary/aromatic N) is 5. The lowest BCUT2D eigenvalue weighted by Gasteiger charge is -2.41. The van der Waals surface area contributed by atoms with Crippen molar-refractivity contribution in [2.24, 2.45) is 0 Å². The minimum Gasteiger partial charge on any atom is -0.394 e. The van der Waals surface area contributed by atoms with Crippen molar-refractivity contribution < 1.29 is 20.1 Å². The topological polar surface area (TPSA) is 170 Å². The number of hydrogen-bond donors (Lipinski definition) is 4. The van der Waals surface area contributed by atoms with Crippen LogP contribution in [-0.4, -0.2) is 70.6 Å². The summed E-state index contributed by atoms with van der Waals surface area (Å²) in [5.74, 6) is 0. The predicted octanol–water partition coefficient (Wildman–Crippen LogP) is 0.496. The van der Waals surface area contributed by atoms with E-state index in [2.05, 4.69) is 36.2 Å². The van der Waals surface area contributed by atoms with E-state index in [1.54, 1.807) is 11.4 Å². The van der Waals surface area contributed by atoms with Crippen LogP contribution >= 0.6 is 39.0 Å². The normalized spacial score (nSPS) is 26.0. The number of rotatable bonds is 5. The smallest absolute Gasteiger partial charge is 0.304 e. The Morgan fingerprint density at radius 2 is 2.23 bits per heavy atom. The van der Waals surface area contributed by atoms with Crippen molar-refractivity contribution in [3.05, 3.63) is 43.7 Å². The molecule has 31 heavy (non-hydrogen) atoms. The van der Waals surface area contributed by atoms with E-state index in [0.717, 1.165) is 23.1 Å². The number of thiazole rings is 1. The molecule has 3 aromatic heterocycles. The number of aromatic amines is 1. The van der Waals surface area contributed by atoms with Crippen LogP contribution < -0.4 is 4.87 Å². The average molecular weight is 527 g/mol. The lowest BCUT2D eigenvalue weighted by atomic mass is 9.97. The first-order valence-electron chi connectivity index (χ1n) is 8.86. The van der Waals surface area contributed by atoms with Crippen LogP contribution in [0.1, 0.15) is 11.7 Å². The second kappa shape index (κ2) is 9.17. The molecule has 1 aliphatic heterocycles. The fourth-order valence-corrected chi connectivity index (χ4v) is 5.36. The van der Waals surface area contributed by atoms with Crippen molar-refractivity contribution in [2.75, 3.05) is 6.61 Å². The number of ether oxygens (including phenoxy) is 1. The molecule has 1 aliphatic rings. The summed E-state index contributed by atoms with van der Waals surface area (Å²) in [4.78, 5) is 18.3. The number of aliphatic hydroxyl groups excluding tert-OH is 3. The van der Waals surface area contributed by atoms with Crippen LogP contribution in [0.15, 0.2) is 38.0 Å². The molecule has 1 saturated heterocycles. The molecule has 0 aliphatic carbocycles. The Morgan fingerprint density at radius 3 is 2.90 bits per heavy atom. The van der Waals surface area contributed by atoms with E-state index in [-0.39, 0.29) is 10.6 Å². The number of nitriles is 1. The van der Waals surface area contributed by atoms with Gasteiger partial charge in [0, 0.05) is 20.9 Å². The zero-order chi connectivity index (χ0) is 22.1. The van der Waals surface area contributed by atoms with Gasteiger partial charge in [-0.05, 0) is 22.0 Å². The Labute approximate surface area is 191 Å². The molecule has 14 heteroatoms. The highest BCUT2D eigenvalue weighted by Gasteiger charge is 2.46. The number of hydrogen-bond acceptors (Lipinski definition) is 11. The standard InChI is InChI=1S/C17H15BrN6O5S2/c18-7-1-12(8(2-19)20-3-7)31-16-15(27)13(14(26)11(5-25)29-16)24-4-9(22-23-24)10-6-30-17(28)21-10/h1,3-4,6,11,13-16,25-27H,5H2,(H,21,28). The van der Waals surface area contributed by atoms with E-state index in [1.165, 1.54) is 17.1 Å². The Kier molecular flexibility index (Phi) is 6.53. The number of H-pyrrole nitrogens is 1. The first-order chi connectivity index (χ1) is 14.9. The first-order valence-corrected chi connectivity index (χ1v) is 11.4.